The first kappa shape index (κ1) is 10.9. The van der Waals surface area contributed by atoms with Gasteiger partial charge in [-0.2, -0.15) is 0 Å². The molecule has 82 valence electrons. The van der Waals surface area contributed by atoms with E-state index in [9.17, 15) is 4.79 Å². The number of furan rings is 1. The van der Waals surface area contributed by atoms with Crippen LogP contribution in [0.15, 0.2) is 39.7 Å². The number of carbonyl (C=O) groups is 1. The fraction of sp³-hybridized carbons (Fsp3) is 0.0909. The average Bonchev–Trinajstić information content (AvgIpc) is 2.68. The summed E-state index contributed by atoms with van der Waals surface area (Å²) in [4.78, 5) is 15.8. The zero-order valence-electron chi connectivity index (χ0n) is 8.53. The van der Waals surface area contributed by atoms with Gasteiger partial charge in [0.15, 0.2) is 0 Å². The van der Waals surface area contributed by atoms with Crippen LogP contribution in [0.25, 0.3) is 0 Å². The summed E-state index contributed by atoms with van der Waals surface area (Å²) >= 11 is 3.25. The monoisotopic (exact) mass is 280 g/mol. The lowest BCUT2D eigenvalue weighted by Gasteiger charge is -2.04. The van der Waals surface area contributed by atoms with E-state index in [-0.39, 0.29) is 5.91 Å². The van der Waals surface area contributed by atoms with Crippen LogP contribution in [0.4, 0.5) is 5.69 Å². The zero-order valence-corrected chi connectivity index (χ0v) is 10.1. The maximum absolute atomic E-state index is 11.8. The summed E-state index contributed by atoms with van der Waals surface area (Å²) in [5.41, 5.74) is 1.12. The Morgan fingerprint density at radius 3 is 3.00 bits per heavy atom. The Balaban J connectivity index is 2.17. The van der Waals surface area contributed by atoms with E-state index in [0.29, 0.717) is 21.6 Å². The van der Waals surface area contributed by atoms with Crippen LogP contribution in [0.3, 0.4) is 0 Å². The Bertz CT molecular complexity index is 522. The molecule has 0 aromatic carbocycles. The minimum absolute atomic E-state index is 0.217. The van der Waals surface area contributed by atoms with Crippen LogP contribution in [0.1, 0.15) is 16.1 Å². The van der Waals surface area contributed by atoms with Crippen LogP contribution in [-0.4, -0.2) is 10.9 Å². The molecule has 0 aliphatic rings. The molecule has 0 spiro atoms. The Hall–Kier alpha value is -1.62. The summed E-state index contributed by atoms with van der Waals surface area (Å²) in [5.74, 6) is 0.487. The Morgan fingerprint density at radius 2 is 2.38 bits per heavy atom. The van der Waals surface area contributed by atoms with Gasteiger partial charge in [0.1, 0.15) is 16.6 Å². The number of anilines is 1. The van der Waals surface area contributed by atoms with Crippen molar-refractivity contribution in [3.8, 4) is 0 Å². The molecule has 16 heavy (non-hydrogen) atoms. The molecule has 2 aromatic rings. The van der Waals surface area contributed by atoms with E-state index in [2.05, 4.69) is 26.2 Å². The van der Waals surface area contributed by atoms with Crippen molar-refractivity contribution >= 4 is 27.5 Å². The number of amides is 1. The molecule has 5 heteroatoms. The zero-order chi connectivity index (χ0) is 11.5. The molecule has 0 aliphatic heterocycles. The van der Waals surface area contributed by atoms with E-state index < -0.39 is 0 Å². The number of hydrogen-bond donors (Lipinski definition) is 1. The van der Waals surface area contributed by atoms with E-state index in [1.165, 1.54) is 6.26 Å². The Morgan fingerprint density at radius 1 is 1.56 bits per heavy atom. The number of carbonyl (C=O) groups excluding carboxylic acids is 1. The van der Waals surface area contributed by atoms with Crippen LogP contribution in [0.2, 0.25) is 0 Å². The number of aryl methyl sites for hydroxylation is 1. The highest BCUT2D eigenvalue weighted by Crippen LogP contribution is 2.19. The number of hydrogen-bond acceptors (Lipinski definition) is 3. The molecule has 0 aliphatic carbocycles. The second-order valence-corrected chi connectivity index (χ2v) is 3.99. The number of nitrogens with one attached hydrogen (secondary N) is 1. The average molecular weight is 281 g/mol. The van der Waals surface area contributed by atoms with Crippen molar-refractivity contribution < 1.29 is 9.21 Å². The van der Waals surface area contributed by atoms with Crippen LogP contribution in [0, 0.1) is 6.92 Å². The summed E-state index contributed by atoms with van der Waals surface area (Å²) in [6.45, 7) is 1.79. The van der Waals surface area contributed by atoms with Gasteiger partial charge in [0.2, 0.25) is 0 Å². The highest BCUT2D eigenvalue weighted by atomic mass is 79.9. The highest BCUT2D eigenvalue weighted by molar-refractivity contribution is 9.10. The van der Waals surface area contributed by atoms with Gasteiger partial charge in [-0.05, 0) is 41.1 Å². The predicted octanol–water partition coefficient (Wildman–Crippen LogP) is 3.00. The van der Waals surface area contributed by atoms with Gasteiger partial charge in [0, 0.05) is 6.20 Å². The summed E-state index contributed by atoms with van der Waals surface area (Å²) < 4.78 is 5.67. The van der Waals surface area contributed by atoms with Gasteiger partial charge in [-0.3, -0.25) is 4.79 Å². The molecule has 0 atom stereocenters. The third kappa shape index (κ3) is 2.30. The molecule has 0 saturated heterocycles. The maximum Gasteiger partial charge on any atom is 0.259 e. The van der Waals surface area contributed by atoms with Gasteiger partial charge in [-0.15, -0.1) is 0 Å². The van der Waals surface area contributed by atoms with Crippen molar-refractivity contribution in [2.24, 2.45) is 0 Å². The van der Waals surface area contributed by atoms with Crippen molar-refractivity contribution in [3.63, 3.8) is 0 Å². The fourth-order valence-corrected chi connectivity index (χ4v) is 1.59. The van der Waals surface area contributed by atoms with Crippen molar-refractivity contribution in [2.75, 3.05) is 5.32 Å². The van der Waals surface area contributed by atoms with Gasteiger partial charge < -0.3 is 9.73 Å². The van der Waals surface area contributed by atoms with Gasteiger partial charge in [0.05, 0.1) is 11.3 Å². The normalized spacial score (nSPS) is 10.1. The maximum atomic E-state index is 11.8. The fourth-order valence-electron chi connectivity index (χ4n) is 1.24. The van der Waals surface area contributed by atoms with E-state index in [0.717, 1.165) is 0 Å². The third-order valence-electron chi connectivity index (χ3n) is 2.00. The van der Waals surface area contributed by atoms with E-state index in [4.69, 9.17) is 4.42 Å². The molecular weight excluding hydrogens is 272 g/mol. The van der Waals surface area contributed by atoms with Gasteiger partial charge >= 0.3 is 0 Å². The van der Waals surface area contributed by atoms with Crippen LogP contribution >= 0.6 is 15.9 Å². The summed E-state index contributed by atoms with van der Waals surface area (Å²) in [6.07, 6.45) is 3.07. The molecule has 2 heterocycles. The minimum Gasteiger partial charge on any atom is -0.469 e. The molecule has 0 bridgehead atoms. The summed E-state index contributed by atoms with van der Waals surface area (Å²) in [7, 11) is 0. The molecule has 1 N–H and O–H groups in total. The number of aromatic nitrogens is 1. The second-order valence-electron chi connectivity index (χ2n) is 3.24. The third-order valence-corrected chi connectivity index (χ3v) is 2.63. The molecule has 1 amide bonds. The van der Waals surface area contributed by atoms with E-state index >= 15 is 0 Å². The van der Waals surface area contributed by atoms with Gasteiger partial charge in [0.25, 0.3) is 5.91 Å². The molecule has 0 radical (unpaired) electrons. The topological polar surface area (TPSA) is 55.1 Å². The molecule has 0 fully saturated rings. The second kappa shape index (κ2) is 4.49. The lowest BCUT2D eigenvalue weighted by Crippen LogP contribution is -2.11. The first-order valence-electron chi connectivity index (χ1n) is 4.64. The number of halogens is 1. The SMILES string of the molecule is Cc1cc(C(=O)Nc2cccnc2Br)co1. The number of nitrogens with zero attached hydrogens (tertiary/aromatic N) is 1. The van der Waals surface area contributed by atoms with Gasteiger partial charge in [-0.1, -0.05) is 0 Å². The van der Waals surface area contributed by atoms with Crippen molar-refractivity contribution in [1.82, 2.24) is 4.98 Å². The number of rotatable bonds is 2. The van der Waals surface area contributed by atoms with Crippen LogP contribution < -0.4 is 5.32 Å². The molecular formula is C11H9BrN2O2. The standard InChI is InChI=1S/C11H9BrN2O2/c1-7-5-8(6-16-7)11(15)14-9-3-2-4-13-10(9)12/h2-6H,1H3,(H,14,15). The lowest BCUT2D eigenvalue weighted by atomic mass is 10.3. The summed E-state index contributed by atoms with van der Waals surface area (Å²) in [6, 6.07) is 5.20. The van der Waals surface area contributed by atoms with Crippen molar-refractivity contribution in [2.45, 2.75) is 6.92 Å². The largest absolute Gasteiger partial charge is 0.469 e. The van der Waals surface area contributed by atoms with Crippen molar-refractivity contribution in [3.05, 3.63) is 46.6 Å². The predicted molar refractivity (Wildman–Crippen MR) is 63.3 cm³/mol. The minimum atomic E-state index is -0.217. The highest BCUT2D eigenvalue weighted by Gasteiger charge is 2.10. The van der Waals surface area contributed by atoms with E-state index in [1.54, 1.807) is 31.3 Å². The Labute approximate surface area is 101 Å². The molecule has 4 nitrogen and oxygen atoms in total. The molecule has 0 saturated carbocycles. The van der Waals surface area contributed by atoms with Gasteiger partial charge in [-0.25, -0.2) is 4.98 Å². The smallest absolute Gasteiger partial charge is 0.259 e. The van der Waals surface area contributed by atoms with Crippen LogP contribution in [0.5, 0.6) is 0 Å². The van der Waals surface area contributed by atoms with Crippen LogP contribution in [-0.2, 0) is 0 Å². The number of pyridine rings is 1. The summed E-state index contributed by atoms with van der Waals surface area (Å²) in [5, 5.41) is 2.73. The molecule has 2 aromatic heterocycles. The Kier molecular flexibility index (Phi) is 3.05. The lowest BCUT2D eigenvalue weighted by molar-refractivity contribution is 0.102. The first-order valence-corrected chi connectivity index (χ1v) is 5.43. The molecule has 2 rings (SSSR count). The van der Waals surface area contributed by atoms with Crippen molar-refractivity contribution in [1.29, 1.82) is 0 Å². The molecule has 0 unspecified atom stereocenters. The first-order chi connectivity index (χ1) is 7.66. The quantitative estimate of drug-likeness (QED) is 0.861. The van der Waals surface area contributed by atoms with E-state index in [1.807, 2.05) is 0 Å².